The molecule has 20 heavy (non-hydrogen) atoms. The van der Waals surface area contributed by atoms with Crippen LogP contribution in [-0.4, -0.2) is 15.9 Å². The molecule has 3 heterocycles. The number of oxazole rings is 1. The van der Waals surface area contributed by atoms with Gasteiger partial charge in [-0.2, -0.15) is 0 Å². The molecule has 0 saturated carbocycles. The molecule has 0 aliphatic heterocycles. The minimum Gasteiger partial charge on any atom is -0.442 e. The lowest BCUT2D eigenvalue weighted by Gasteiger charge is -2.03. The highest BCUT2D eigenvalue weighted by atomic mass is 32.1. The van der Waals surface area contributed by atoms with Crippen LogP contribution in [0.2, 0.25) is 0 Å². The molecule has 0 radical (unpaired) electrons. The summed E-state index contributed by atoms with van der Waals surface area (Å²) in [6.45, 7) is 0.406. The van der Waals surface area contributed by atoms with Crippen LogP contribution in [0.3, 0.4) is 0 Å². The highest BCUT2D eigenvalue weighted by Crippen LogP contribution is 2.27. The molecule has 0 aliphatic carbocycles. The molecular weight excluding hydrogens is 274 g/mol. The third-order valence-corrected chi connectivity index (χ3v) is 3.57. The number of pyridine rings is 1. The van der Waals surface area contributed by atoms with Gasteiger partial charge in [-0.1, -0.05) is 12.1 Å². The minimum absolute atomic E-state index is 0.258. The number of nitrogens with zero attached hydrogens (tertiary/aromatic N) is 2. The molecule has 3 aromatic rings. The molecule has 0 fully saturated rings. The fraction of sp³-hybridized carbons (Fsp3) is 0.0714. The van der Waals surface area contributed by atoms with Crippen molar-refractivity contribution in [2.45, 2.75) is 6.54 Å². The van der Waals surface area contributed by atoms with E-state index in [2.05, 4.69) is 15.3 Å². The molecule has 6 heteroatoms. The van der Waals surface area contributed by atoms with Crippen LogP contribution in [0, 0.1) is 0 Å². The van der Waals surface area contributed by atoms with Gasteiger partial charge in [0.1, 0.15) is 0 Å². The largest absolute Gasteiger partial charge is 0.442 e. The van der Waals surface area contributed by atoms with Crippen molar-refractivity contribution in [1.82, 2.24) is 15.3 Å². The molecule has 3 aromatic heterocycles. The first-order valence-electron chi connectivity index (χ1n) is 5.99. The van der Waals surface area contributed by atoms with Crippen LogP contribution in [0.5, 0.6) is 0 Å². The number of nitrogens with one attached hydrogen (secondary N) is 1. The summed E-state index contributed by atoms with van der Waals surface area (Å²) in [5.41, 5.74) is 1.23. The maximum atomic E-state index is 12.1. The molecule has 0 atom stereocenters. The number of thiophene rings is 1. The summed E-state index contributed by atoms with van der Waals surface area (Å²) in [5, 5.41) is 4.73. The highest BCUT2D eigenvalue weighted by Gasteiger charge is 2.18. The van der Waals surface area contributed by atoms with Gasteiger partial charge in [0.2, 0.25) is 0 Å². The van der Waals surface area contributed by atoms with Gasteiger partial charge >= 0.3 is 0 Å². The minimum atomic E-state index is -0.258. The molecule has 0 aromatic carbocycles. The first kappa shape index (κ1) is 12.6. The van der Waals surface area contributed by atoms with E-state index in [1.165, 1.54) is 17.7 Å². The van der Waals surface area contributed by atoms with E-state index in [9.17, 15) is 4.79 Å². The van der Waals surface area contributed by atoms with Crippen molar-refractivity contribution in [3.05, 3.63) is 59.7 Å². The van der Waals surface area contributed by atoms with Crippen molar-refractivity contribution in [2.75, 3.05) is 0 Å². The lowest BCUT2D eigenvalue weighted by Crippen LogP contribution is -2.23. The number of hydrogen-bond acceptors (Lipinski definition) is 5. The van der Waals surface area contributed by atoms with E-state index < -0.39 is 0 Å². The molecule has 100 valence electrons. The van der Waals surface area contributed by atoms with Gasteiger partial charge in [0.15, 0.2) is 17.8 Å². The van der Waals surface area contributed by atoms with Gasteiger partial charge in [-0.15, -0.1) is 11.3 Å². The Labute approximate surface area is 119 Å². The Hall–Kier alpha value is -2.47. The van der Waals surface area contributed by atoms with Crippen molar-refractivity contribution in [3.8, 4) is 10.6 Å². The summed E-state index contributed by atoms with van der Waals surface area (Å²) >= 11 is 1.50. The number of carbonyl (C=O) groups excluding carboxylic acids is 1. The fourth-order valence-electron chi connectivity index (χ4n) is 1.76. The number of carbonyl (C=O) groups is 1. The van der Waals surface area contributed by atoms with Gasteiger partial charge in [-0.3, -0.25) is 9.78 Å². The van der Waals surface area contributed by atoms with E-state index in [-0.39, 0.29) is 5.91 Å². The number of aromatic nitrogens is 2. The summed E-state index contributed by atoms with van der Waals surface area (Å²) in [7, 11) is 0. The maximum absolute atomic E-state index is 12.1. The average molecular weight is 285 g/mol. The van der Waals surface area contributed by atoms with Gasteiger partial charge in [0, 0.05) is 18.9 Å². The quantitative estimate of drug-likeness (QED) is 0.800. The van der Waals surface area contributed by atoms with Gasteiger partial charge < -0.3 is 9.73 Å². The lowest BCUT2D eigenvalue weighted by molar-refractivity contribution is 0.0947. The van der Waals surface area contributed by atoms with Gasteiger partial charge in [-0.05, 0) is 23.1 Å². The summed E-state index contributed by atoms with van der Waals surface area (Å²) in [4.78, 5) is 21.0. The summed E-state index contributed by atoms with van der Waals surface area (Å²) in [5.74, 6) is 0.245. The summed E-state index contributed by atoms with van der Waals surface area (Å²) in [6.07, 6.45) is 4.69. The van der Waals surface area contributed by atoms with Crippen LogP contribution in [-0.2, 0) is 6.54 Å². The van der Waals surface area contributed by atoms with Crippen LogP contribution in [0.4, 0.5) is 0 Å². The Morgan fingerprint density at radius 1 is 1.35 bits per heavy atom. The number of amides is 1. The van der Waals surface area contributed by atoms with Crippen molar-refractivity contribution in [3.63, 3.8) is 0 Å². The topological polar surface area (TPSA) is 68.0 Å². The standard InChI is InChI=1S/C14H11N3O2S/c18-14(16-8-10-3-1-5-15-7-10)12-13(19-9-17-12)11-4-2-6-20-11/h1-7,9H,8H2,(H,16,18). The van der Waals surface area contributed by atoms with Crippen LogP contribution in [0.15, 0.2) is 52.9 Å². The monoisotopic (exact) mass is 285 g/mol. The molecule has 1 N–H and O–H groups in total. The Balaban J connectivity index is 1.74. The lowest BCUT2D eigenvalue weighted by atomic mass is 10.2. The molecule has 0 unspecified atom stereocenters. The highest BCUT2D eigenvalue weighted by molar-refractivity contribution is 7.13. The molecular formula is C14H11N3O2S. The number of hydrogen-bond donors (Lipinski definition) is 1. The molecule has 0 saturated heterocycles. The third kappa shape index (κ3) is 2.60. The number of rotatable bonds is 4. The van der Waals surface area contributed by atoms with Gasteiger partial charge in [0.05, 0.1) is 4.88 Å². The smallest absolute Gasteiger partial charge is 0.274 e. The van der Waals surface area contributed by atoms with Crippen molar-refractivity contribution < 1.29 is 9.21 Å². The van der Waals surface area contributed by atoms with Crippen molar-refractivity contribution in [2.24, 2.45) is 0 Å². The van der Waals surface area contributed by atoms with Crippen LogP contribution < -0.4 is 5.32 Å². The molecule has 0 aliphatic rings. The molecule has 0 bridgehead atoms. The Morgan fingerprint density at radius 3 is 3.05 bits per heavy atom. The van der Waals surface area contributed by atoms with Gasteiger partial charge in [0.25, 0.3) is 5.91 Å². The maximum Gasteiger partial charge on any atom is 0.274 e. The average Bonchev–Trinajstić information content (AvgIpc) is 3.15. The third-order valence-electron chi connectivity index (χ3n) is 2.70. The Kier molecular flexibility index (Phi) is 3.56. The Morgan fingerprint density at radius 2 is 2.30 bits per heavy atom. The first-order chi connectivity index (χ1) is 9.84. The van der Waals surface area contributed by atoms with Gasteiger partial charge in [-0.25, -0.2) is 4.98 Å². The fourth-order valence-corrected chi connectivity index (χ4v) is 2.47. The van der Waals surface area contributed by atoms with E-state index in [1.54, 1.807) is 12.4 Å². The summed E-state index contributed by atoms with van der Waals surface area (Å²) in [6, 6.07) is 7.52. The van der Waals surface area contributed by atoms with Crippen LogP contribution in [0.25, 0.3) is 10.6 Å². The zero-order chi connectivity index (χ0) is 13.8. The van der Waals surface area contributed by atoms with Crippen molar-refractivity contribution in [1.29, 1.82) is 0 Å². The predicted molar refractivity (Wildman–Crippen MR) is 75.2 cm³/mol. The normalized spacial score (nSPS) is 10.4. The molecule has 3 rings (SSSR count). The molecule has 1 amide bonds. The van der Waals surface area contributed by atoms with E-state index >= 15 is 0 Å². The van der Waals surface area contributed by atoms with Crippen LogP contribution in [0.1, 0.15) is 16.1 Å². The second-order valence-electron chi connectivity index (χ2n) is 4.05. The molecule has 5 nitrogen and oxygen atoms in total. The second kappa shape index (κ2) is 5.66. The van der Waals surface area contributed by atoms with Crippen LogP contribution >= 0.6 is 11.3 Å². The van der Waals surface area contributed by atoms with Crippen molar-refractivity contribution >= 4 is 17.2 Å². The Bertz CT molecular complexity index is 692. The zero-order valence-electron chi connectivity index (χ0n) is 10.4. The van der Waals surface area contributed by atoms with E-state index in [0.29, 0.717) is 18.0 Å². The second-order valence-corrected chi connectivity index (χ2v) is 5.00. The van der Waals surface area contributed by atoms with E-state index in [0.717, 1.165) is 10.4 Å². The predicted octanol–water partition coefficient (Wildman–Crippen LogP) is 2.73. The first-order valence-corrected chi connectivity index (χ1v) is 6.87. The summed E-state index contributed by atoms with van der Waals surface area (Å²) < 4.78 is 5.31. The van der Waals surface area contributed by atoms with E-state index in [1.807, 2.05) is 29.6 Å². The van der Waals surface area contributed by atoms with E-state index in [4.69, 9.17) is 4.42 Å². The SMILES string of the molecule is O=C(NCc1cccnc1)c1ncoc1-c1cccs1. The molecule has 0 spiro atoms. The zero-order valence-corrected chi connectivity index (χ0v) is 11.3.